The molecule has 0 fully saturated rings. The zero-order chi connectivity index (χ0) is 9.68. The van der Waals surface area contributed by atoms with Crippen molar-refractivity contribution in [1.29, 1.82) is 0 Å². The Labute approximate surface area is 81.3 Å². The van der Waals surface area contributed by atoms with E-state index in [0.29, 0.717) is 5.92 Å². The molecule has 0 aliphatic carbocycles. The lowest BCUT2D eigenvalue weighted by molar-refractivity contribution is 0.725. The highest BCUT2D eigenvalue weighted by Crippen LogP contribution is 2.10. The normalized spacial score (nSPS) is 12.5. The highest BCUT2D eigenvalue weighted by Gasteiger charge is 1.98. The third-order valence-corrected chi connectivity index (χ3v) is 2.39. The Morgan fingerprint density at radius 2 is 1.77 bits per heavy atom. The maximum atomic E-state index is 3.79. The van der Waals surface area contributed by atoms with Gasteiger partial charge in [-0.3, -0.25) is 0 Å². The molecule has 0 saturated heterocycles. The molecule has 1 aromatic rings. The first kappa shape index (κ1) is 10.0. The van der Waals surface area contributed by atoms with E-state index in [2.05, 4.69) is 44.7 Å². The van der Waals surface area contributed by atoms with E-state index in [1.807, 2.05) is 6.08 Å². The Balaban J connectivity index is 2.63. The number of hydrogen-bond donors (Lipinski definition) is 0. The van der Waals surface area contributed by atoms with Crippen LogP contribution < -0.4 is 0 Å². The zero-order valence-corrected chi connectivity index (χ0v) is 8.59. The van der Waals surface area contributed by atoms with Crippen molar-refractivity contribution >= 4 is 0 Å². The van der Waals surface area contributed by atoms with Gasteiger partial charge in [-0.15, -0.1) is 6.58 Å². The SMILES string of the molecule is C=CC(C)Cc1ccc(CC)cc1. The van der Waals surface area contributed by atoms with Gasteiger partial charge in [0.1, 0.15) is 0 Å². The quantitative estimate of drug-likeness (QED) is 0.612. The van der Waals surface area contributed by atoms with Crippen LogP contribution in [0.4, 0.5) is 0 Å². The molecule has 0 N–H and O–H groups in total. The molecular formula is C13H18. The molecule has 70 valence electrons. The average molecular weight is 174 g/mol. The predicted molar refractivity (Wildman–Crippen MR) is 58.9 cm³/mol. The van der Waals surface area contributed by atoms with Crippen molar-refractivity contribution in [3.05, 3.63) is 48.0 Å². The molecule has 0 nitrogen and oxygen atoms in total. The Bertz CT molecular complexity index is 256. The van der Waals surface area contributed by atoms with E-state index in [1.165, 1.54) is 11.1 Å². The second-order valence-electron chi connectivity index (χ2n) is 3.59. The lowest BCUT2D eigenvalue weighted by atomic mass is 10.00. The molecule has 13 heavy (non-hydrogen) atoms. The Kier molecular flexibility index (Phi) is 3.75. The highest BCUT2D eigenvalue weighted by atomic mass is 14.0. The summed E-state index contributed by atoms with van der Waals surface area (Å²) >= 11 is 0. The predicted octanol–water partition coefficient (Wildman–Crippen LogP) is 3.61. The minimum Gasteiger partial charge on any atom is -0.103 e. The molecular weight excluding hydrogens is 156 g/mol. The van der Waals surface area contributed by atoms with Gasteiger partial charge in [0.05, 0.1) is 0 Å². The zero-order valence-electron chi connectivity index (χ0n) is 8.59. The summed E-state index contributed by atoms with van der Waals surface area (Å²) < 4.78 is 0. The van der Waals surface area contributed by atoms with Gasteiger partial charge in [-0.05, 0) is 29.9 Å². The maximum absolute atomic E-state index is 3.79. The monoisotopic (exact) mass is 174 g/mol. The molecule has 0 radical (unpaired) electrons. The maximum Gasteiger partial charge on any atom is -0.0218 e. The first-order valence-electron chi connectivity index (χ1n) is 4.96. The summed E-state index contributed by atoms with van der Waals surface area (Å²) in [4.78, 5) is 0. The van der Waals surface area contributed by atoms with E-state index < -0.39 is 0 Å². The van der Waals surface area contributed by atoms with E-state index in [0.717, 1.165) is 12.8 Å². The van der Waals surface area contributed by atoms with E-state index >= 15 is 0 Å². The number of benzene rings is 1. The Morgan fingerprint density at radius 3 is 2.23 bits per heavy atom. The molecule has 0 spiro atoms. The summed E-state index contributed by atoms with van der Waals surface area (Å²) in [6.45, 7) is 8.17. The minimum atomic E-state index is 0.576. The molecule has 0 heterocycles. The highest BCUT2D eigenvalue weighted by molar-refractivity contribution is 5.23. The summed E-state index contributed by atoms with van der Waals surface area (Å²) in [6.07, 6.45) is 4.23. The fraction of sp³-hybridized carbons (Fsp3) is 0.385. The molecule has 0 aromatic heterocycles. The first-order chi connectivity index (χ1) is 6.26. The largest absolute Gasteiger partial charge is 0.103 e. The molecule has 0 aliphatic rings. The Morgan fingerprint density at radius 1 is 1.23 bits per heavy atom. The van der Waals surface area contributed by atoms with E-state index in [1.54, 1.807) is 0 Å². The van der Waals surface area contributed by atoms with Crippen molar-refractivity contribution < 1.29 is 0 Å². The fourth-order valence-corrected chi connectivity index (χ4v) is 1.37. The number of allylic oxidation sites excluding steroid dienone is 1. The molecule has 0 amide bonds. The van der Waals surface area contributed by atoms with Crippen LogP contribution in [0.25, 0.3) is 0 Å². The van der Waals surface area contributed by atoms with Crippen LogP contribution in [-0.2, 0) is 12.8 Å². The standard InChI is InChI=1S/C13H18/c1-4-11(3)10-13-8-6-12(5-2)7-9-13/h4,6-9,11H,1,5,10H2,2-3H3. The topological polar surface area (TPSA) is 0 Å². The molecule has 0 heteroatoms. The van der Waals surface area contributed by atoms with Crippen molar-refractivity contribution in [1.82, 2.24) is 0 Å². The van der Waals surface area contributed by atoms with Crippen LogP contribution in [0.3, 0.4) is 0 Å². The molecule has 1 unspecified atom stereocenters. The van der Waals surface area contributed by atoms with Crippen LogP contribution in [-0.4, -0.2) is 0 Å². The van der Waals surface area contributed by atoms with Crippen molar-refractivity contribution in [2.24, 2.45) is 5.92 Å². The number of rotatable bonds is 4. The van der Waals surface area contributed by atoms with Gasteiger partial charge in [0.15, 0.2) is 0 Å². The lowest BCUT2D eigenvalue weighted by Gasteiger charge is -2.06. The molecule has 1 rings (SSSR count). The summed E-state index contributed by atoms with van der Waals surface area (Å²) in [5, 5.41) is 0. The minimum absolute atomic E-state index is 0.576. The van der Waals surface area contributed by atoms with Crippen LogP contribution in [0.5, 0.6) is 0 Å². The van der Waals surface area contributed by atoms with Crippen LogP contribution in [0.15, 0.2) is 36.9 Å². The molecule has 1 atom stereocenters. The van der Waals surface area contributed by atoms with Gasteiger partial charge in [-0.1, -0.05) is 44.2 Å². The van der Waals surface area contributed by atoms with Crippen LogP contribution in [0, 0.1) is 5.92 Å². The van der Waals surface area contributed by atoms with Crippen molar-refractivity contribution in [2.75, 3.05) is 0 Å². The van der Waals surface area contributed by atoms with Crippen LogP contribution in [0.2, 0.25) is 0 Å². The smallest absolute Gasteiger partial charge is 0.0218 e. The van der Waals surface area contributed by atoms with E-state index in [4.69, 9.17) is 0 Å². The van der Waals surface area contributed by atoms with Gasteiger partial charge in [-0.25, -0.2) is 0 Å². The van der Waals surface area contributed by atoms with E-state index in [-0.39, 0.29) is 0 Å². The number of hydrogen-bond acceptors (Lipinski definition) is 0. The fourth-order valence-electron chi connectivity index (χ4n) is 1.37. The third kappa shape index (κ3) is 3.06. The van der Waals surface area contributed by atoms with Gasteiger partial charge in [0.25, 0.3) is 0 Å². The second-order valence-corrected chi connectivity index (χ2v) is 3.59. The van der Waals surface area contributed by atoms with Gasteiger partial charge in [0.2, 0.25) is 0 Å². The van der Waals surface area contributed by atoms with Crippen molar-refractivity contribution in [3.63, 3.8) is 0 Å². The van der Waals surface area contributed by atoms with Gasteiger partial charge in [-0.2, -0.15) is 0 Å². The van der Waals surface area contributed by atoms with Gasteiger partial charge >= 0.3 is 0 Å². The number of aryl methyl sites for hydroxylation is 1. The summed E-state index contributed by atoms with van der Waals surface area (Å²) in [5.74, 6) is 0.576. The molecule has 0 aliphatic heterocycles. The molecule has 0 saturated carbocycles. The van der Waals surface area contributed by atoms with Crippen molar-refractivity contribution in [2.45, 2.75) is 26.7 Å². The van der Waals surface area contributed by atoms with Crippen LogP contribution in [0.1, 0.15) is 25.0 Å². The van der Waals surface area contributed by atoms with E-state index in [9.17, 15) is 0 Å². The lowest BCUT2D eigenvalue weighted by Crippen LogP contribution is -1.95. The molecule has 0 bridgehead atoms. The van der Waals surface area contributed by atoms with Crippen LogP contribution >= 0.6 is 0 Å². The summed E-state index contributed by atoms with van der Waals surface area (Å²) in [5.41, 5.74) is 2.82. The third-order valence-electron chi connectivity index (χ3n) is 2.39. The second kappa shape index (κ2) is 4.86. The summed E-state index contributed by atoms with van der Waals surface area (Å²) in [7, 11) is 0. The van der Waals surface area contributed by atoms with Gasteiger partial charge in [0, 0.05) is 0 Å². The van der Waals surface area contributed by atoms with Gasteiger partial charge < -0.3 is 0 Å². The first-order valence-corrected chi connectivity index (χ1v) is 4.96. The summed E-state index contributed by atoms with van der Waals surface area (Å²) in [6, 6.07) is 8.87. The average Bonchev–Trinajstić information content (AvgIpc) is 2.19. The molecule has 1 aromatic carbocycles. The Hall–Kier alpha value is -1.04. The van der Waals surface area contributed by atoms with Crippen molar-refractivity contribution in [3.8, 4) is 0 Å².